The maximum atomic E-state index is 12.4. The van der Waals surface area contributed by atoms with Crippen LogP contribution in [0.2, 0.25) is 0 Å². The second-order valence-corrected chi connectivity index (χ2v) is 7.86. The monoisotopic (exact) mass is 394 g/mol. The van der Waals surface area contributed by atoms with E-state index in [1.54, 1.807) is 36.3 Å². The molecule has 3 rings (SSSR count). The number of aromatic nitrogens is 2. The van der Waals surface area contributed by atoms with Crippen LogP contribution in [-0.4, -0.2) is 53.1 Å². The molecule has 0 saturated carbocycles. The third kappa shape index (κ3) is 4.32. The van der Waals surface area contributed by atoms with Crippen LogP contribution in [0.25, 0.3) is 0 Å². The molecule has 1 fully saturated rings. The molecule has 1 saturated heterocycles. The van der Waals surface area contributed by atoms with Gasteiger partial charge in [0.15, 0.2) is 4.34 Å². The minimum absolute atomic E-state index is 0.0529. The number of rotatable bonds is 7. The summed E-state index contributed by atoms with van der Waals surface area (Å²) in [5, 5.41) is 19.8. The zero-order chi connectivity index (χ0) is 18.5. The van der Waals surface area contributed by atoms with Crippen LogP contribution in [0.5, 0.6) is 5.75 Å². The van der Waals surface area contributed by atoms with E-state index in [0.717, 1.165) is 5.69 Å². The second-order valence-electron chi connectivity index (χ2n) is 5.54. The summed E-state index contributed by atoms with van der Waals surface area (Å²) in [6.45, 7) is 0.374. The summed E-state index contributed by atoms with van der Waals surface area (Å²) < 4.78 is 5.79. The highest BCUT2D eigenvalue weighted by atomic mass is 32.2. The molecule has 0 spiro atoms. The first-order valence-electron chi connectivity index (χ1n) is 7.93. The molecule has 26 heavy (non-hydrogen) atoms. The Morgan fingerprint density at radius 1 is 1.42 bits per heavy atom. The highest BCUT2D eigenvalue weighted by Gasteiger charge is 2.35. The summed E-state index contributed by atoms with van der Waals surface area (Å²) in [7, 11) is 1.58. The van der Waals surface area contributed by atoms with Gasteiger partial charge in [-0.25, -0.2) is 0 Å². The molecule has 1 atom stereocenters. The summed E-state index contributed by atoms with van der Waals surface area (Å²) in [4.78, 5) is 26.3. The van der Waals surface area contributed by atoms with Crippen LogP contribution in [0.1, 0.15) is 6.42 Å². The van der Waals surface area contributed by atoms with Crippen molar-refractivity contribution in [1.29, 1.82) is 0 Å². The molecule has 1 aromatic heterocycles. The van der Waals surface area contributed by atoms with Gasteiger partial charge in [-0.2, -0.15) is 0 Å². The molecule has 138 valence electrons. The van der Waals surface area contributed by atoms with E-state index in [4.69, 9.17) is 9.84 Å². The lowest BCUT2D eigenvalue weighted by Gasteiger charge is -2.16. The SMILES string of the molecule is COc1ccc(N2C[C@@H](C(=O)Nc3nnc(SCCO)s3)CC2=O)cc1. The molecule has 2 heterocycles. The normalized spacial score (nSPS) is 16.8. The molecule has 0 bridgehead atoms. The number of ether oxygens (including phenoxy) is 1. The van der Waals surface area contributed by atoms with Crippen molar-refractivity contribution in [3.05, 3.63) is 24.3 Å². The van der Waals surface area contributed by atoms with Crippen molar-refractivity contribution in [1.82, 2.24) is 10.2 Å². The van der Waals surface area contributed by atoms with Crippen molar-refractivity contribution < 1.29 is 19.4 Å². The minimum atomic E-state index is -0.443. The van der Waals surface area contributed by atoms with Crippen LogP contribution >= 0.6 is 23.1 Å². The van der Waals surface area contributed by atoms with Crippen molar-refractivity contribution >= 4 is 45.7 Å². The van der Waals surface area contributed by atoms with Crippen molar-refractivity contribution in [3.8, 4) is 5.75 Å². The Morgan fingerprint density at radius 3 is 2.88 bits per heavy atom. The summed E-state index contributed by atoms with van der Waals surface area (Å²) in [6, 6.07) is 7.16. The highest BCUT2D eigenvalue weighted by molar-refractivity contribution is 8.01. The summed E-state index contributed by atoms with van der Waals surface area (Å²) >= 11 is 2.62. The highest BCUT2D eigenvalue weighted by Crippen LogP contribution is 2.29. The van der Waals surface area contributed by atoms with Gasteiger partial charge in [0.05, 0.1) is 19.6 Å². The summed E-state index contributed by atoms with van der Waals surface area (Å²) in [5.74, 6) is 0.454. The van der Waals surface area contributed by atoms with Crippen LogP contribution < -0.4 is 15.0 Å². The minimum Gasteiger partial charge on any atom is -0.497 e. The quantitative estimate of drug-likeness (QED) is 0.543. The maximum Gasteiger partial charge on any atom is 0.231 e. The van der Waals surface area contributed by atoms with Crippen LogP contribution in [0, 0.1) is 5.92 Å². The van der Waals surface area contributed by atoms with Gasteiger partial charge in [-0.3, -0.25) is 9.59 Å². The van der Waals surface area contributed by atoms with Gasteiger partial charge >= 0.3 is 0 Å². The largest absolute Gasteiger partial charge is 0.497 e. The number of anilines is 2. The zero-order valence-electron chi connectivity index (χ0n) is 14.0. The van der Waals surface area contributed by atoms with E-state index < -0.39 is 5.92 Å². The molecule has 1 aliphatic heterocycles. The number of carbonyl (C=O) groups excluding carboxylic acids is 2. The fourth-order valence-corrected chi connectivity index (χ4v) is 4.12. The van der Waals surface area contributed by atoms with Crippen molar-refractivity contribution in [2.45, 2.75) is 10.8 Å². The third-order valence-corrected chi connectivity index (χ3v) is 5.79. The predicted octanol–water partition coefficient (Wildman–Crippen LogP) is 1.62. The Kier molecular flexibility index (Phi) is 6.07. The van der Waals surface area contributed by atoms with Crippen LogP contribution in [0.4, 0.5) is 10.8 Å². The number of benzene rings is 1. The number of thioether (sulfide) groups is 1. The van der Waals surface area contributed by atoms with E-state index in [1.807, 2.05) is 0 Å². The molecule has 0 unspecified atom stereocenters. The Morgan fingerprint density at radius 2 is 2.19 bits per heavy atom. The molecular weight excluding hydrogens is 376 g/mol. The molecule has 0 radical (unpaired) electrons. The zero-order valence-corrected chi connectivity index (χ0v) is 15.7. The Hall–Kier alpha value is -2.17. The third-order valence-electron chi connectivity index (χ3n) is 3.83. The summed E-state index contributed by atoms with van der Waals surface area (Å²) in [5.41, 5.74) is 0.740. The maximum absolute atomic E-state index is 12.4. The van der Waals surface area contributed by atoms with Gasteiger partial charge < -0.3 is 20.1 Å². The predicted molar refractivity (Wildman–Crippen MR) is 99.8 cm³/mol. The van der Waals surface area contributed by atoms with Crippen LogP contribution in [0.3, 0.4) is 0 Å². The van der Waals surface area contributed by atoms with Gasteiger partial charge in [-0.05, 0) is 24.3 Å². The van der Waals surface area contributed by atoms with Gasteiger partial charge in [0.2, 0.25) is 16.9 Å². The summed E-state index contributed by atoms with van der Waals surface area (Å²) in [6.07, 6.45) is 0.156. The molecule has 2 N–H and O–H groups in total. The molecule has 1 aliphatic rings. The Labute approximate surface area is 158 Å². The lowest BCUT2D eigenvalue weighted by atomic mass is 10.1. The molecule has 2 aromatic rings. The molecule has 0 aliphatic carbocycles. The first kappa shape index (κ1) is 18.6. The number of aliphatic hydroxyl groups excluding tert-OH is 1. The fourth-order valence-electron chi connectivity index (χ4n) is 2.55. The standard InChI is InChI=1S/C16H18N4O4S2/c1-24-12-4-2-11(3-5-12)20-9-10(8-13(20)22)14(23)17-15-18-19-16(26-15)25-7-6-21/h2-5,10,21H,6-9H2,1H3,(H,17,18,23)/t10-/m0/s1. The van der Waals surface area contributed by atoms with E-state index in [2.05, 4.69) is 15.5 Å². The Balaban J connectivity index is 1.60. The molecule has 8 nitrogen and oxygen atoms in total. The van der Waals surface area contributed by atoms with E-state index in [9.17, 15) is 9.59 Å². The number of aliphatic hydroxyl groups is 1. The molecule has 2 amide bonds. The van der Waals surface area contributed by atoms with Crippen molar-refractivity contribution in [2.75, 3.05) is 36.2 Å². The number of nitrogens with one attached hydrogen (secondary N) is 1. The molecular formula is C16H18N4O4S2. The lowest BCUT2D eigenvalue weighted by Crippen LogP contribution is -2.28. The van der Waals surface area contributed by atoms with Gasteiger partial charge in [0.25, 0.3) is 0 Å². The number of nitrogens with zero attached hydrogens (tertiary/aromatic N) is 3. The number of hydrogen-bond donors (Lipinski definition) is 2. The van der Waals surface area contributed by atoms with E-state index >= 15 is 0 Å². The van der Waals surface area contributed by atoms with Gasteiger partial charge in [-0.1, -0.05) is 23.1 Å². The fraction of sp³-hybridized carbons (Fsp3) is 0.375. The van der Waals surface area contributed by atoms with Gasteiger partial charge in [0, 0.05) is 24.4 Å². The number of carbonyl (C=O) groups is 2. The second kappa shape index (κ2) is 8.47. The van der Waals surface area contributed by atoms with Gasteiger partial charge in [0.1, 0.15) is 5.75 Å². The average Bonchev–Trinajstić information content (AvgIpc) is 3.26. The molecule has 10 heteroatoms. The van der Waals surface area contributed by atoms with Gasteiger partial charge in [-0.15, -0.1) is 10.2 Å². The van der Waals surface area contributed by atoms with E-state index in [0.29, 0.717) is 27.5 Å². The number of methoxy groups -OCH3 is 1. The number of amides is 2. The number of hydrogen-bond acceptors (Lipinski definition) is 8. The van der Waals surface area contributed by atoms with Crippen LogP contribution in [-0.2, 0) is 9.59 Å². The first-order valence-corrected chi connectivity index (χ1v) is 9.73. The van der Waals surface area contributed by atoms with Crippen molar-refractivity contribution in [2.24, 2.45) is 5.92 Å². The van der Waals surface area contributed by atoms with Crippen LogP contribution in [0.15, 0.2) is 28.6 Å². The topological polar surface area (TPSA) is 105 Å². The molecule has 1 aromatic carbocycles. The Bertz CT molecular complexity index is 781. The average molecular weight is 394 g/mol. The first-order chi connectivity index (χ1) is 12.6. The smallest absolute Gasteiger partial charge is 0.231 e. The lowest BCUT2D eigenvalue weighted by molar-refractivity contribution is -0.122. The van der Waals surface area contributed by atoms with E-state index in [-0.39, 0.29) is 24.8 Å². The van der Waals surface area contributed by atoms with Crippen molar-refractivity contribution in [3.63, 3.8) is 0 Å². The van der Waals surface area contributed by atoms with E-state index in [1.165, 1.54) is 23.1 Å².